The number of hydrogen-bond donors (Lipinski definition) is 1. The van der Waals surface area contributed by atoms with Crippen LogP contribution in [0, 0.1) is 10.1 Å². The number of nitro benzene ring substituents is 1. The number of carboxylic acid groups (broad SMARTS) is 1. The molecule has 1 saturated carbocycles. The van der Waals surface area contributed by atoms with E-state index < -0.39 is 10.9 Å². The highest BCUT2D eigenvalue weighted by molar-refractivity contribution is 5.77. The maximum atomic E-state index is 12.4. The fraction of sp³-hybridized carbons (Fsp3) is 0.500. The summed E-state index contributed by atoms with van der Waals surface area (Å²) in [7, 11) is 0. The second-order valence-electron chi connectivity index (χ2n) is 5.74. The highest BCUT2D eigenvalue weighted by atomic mass is 16.6. The molecule has 0 aromatic heterocycles. The van der Waals surface area contributed by atoms with E-state index in [2.05, 4.69) is 0 Å². The Morgan fingerprint density at radius 3 is 2.48 bits per heavy atom. The van der Waals surface area contributed by atoms with E-state index in [1.54, 1.807) is 23.1 Å². The zero-order valence-electron chi connectivity index (χ0n) is 12.8. The van der Waals surface area contributed by atoms with Crippen LogP contribution in [0.25, 0.3) is 0 Å². The van der Waals surface area contributed by atoms with E-state index >= 15 is 0 Å². The Bertz CT molecular complexity index is 598. The van der Waals surface area contributed by atoms with Gasteiger partial charge in [0.25, 0.3) is 5.69 Å². The Morgan fingerprint density at radius 2 is 1.87 bits per heavy atom. The van der Waals surface area contributed by atoms with Gasteiger partial charge in [-0.1, -0.05) is 18.2 Å². The van der Waals surface area contributed by atoms with E-state index in [0.717, 1.165) is 12.8 Å². The lowest BCUT2D eigenvalue weighted by atomic mass is 10.1. The van der Waals surface area contributed by atoms with E-state index in [4.69, 9.17) is 5.11 Å². The normalized spacial score (nSPS) is 13.6. The van der Waals surface area contributed by atoms with Crippen molar-refractivity contribution in [2.24, 2.45) is 0 Å². The summed E-state index contributed by atoms with van der Waals surface area (Å²) < 4.78 is 0. The van der Waals surface area contributed by atoms with E-state index in [-0.39, 0.29) is 37.0 Å². The minimum absolute atomic E-state index is 0.0248. The lowest BCUT2D eigenvalue weighted by Gasteiger charge is -2.22. The molecule has 1 fully saturated rings. The summed E-state index contributed by atoms with van der Waals surface area (Å²) in [5.74, 6) is -0.924. The molecule has 1 aliphatic carbocycles. The molecule has 0 aliphatic heterocycles. The zero-order valence-corrected chi connectivity index (χ0v) is 12.8. The molecule has 1 aliphatic rings. The third kappa shape index (κ3) is 5.05. The van der Waals surface area contributed by atoms with Crippen molar-refractivity contribution in [2.75, 3.05) is 0 Å². The molecule has 0 unspecified atom stereocenters. The number of nitro groups is 1. The van der Waals surface area contributed by atoms with Crippen LogP contribution in [0.1, 0.15) is 44.1 Å². The fourth-order valence-electron chi connectivity index (χ4n) is 2.51. The van der Waals surface area contributed by atoms with Crippen molar-refractivity contribution in [2.45, 2.75) is 51.1 Å². The average molecular weight is 320 g/mol. The van der Waals surface area contributed by atoms with Crippen LogP contribution in [0.3, 0.4) is 0 Å². The maximum Gasteiger partial charge on any atom is 0.303 e. The van der Waals surface area contributed by atoms with E-state index in [9.17, 15) is 19.7 Å². The molecule has 0 radical (unpaired) electrons. The van der Waals surface area contributed by atoms with Crippen molar-refractivity contribution in [1.82, 2.24) is 4.90 Å². The zero-order chi connectivity index (χ0) is 16.8. The molecule has 0 atom stereocenters. The van der Waals surface area contributed by atoms with Gasteiger partial charge in [-0.15, -0.1) is 0 Å². The predicted octanol–water partition coefficient (Wildman–Crippen LogP) is 2.73. The molecule has 2 rings (SSSR count). The maximum absolute atomic E-state index is 12.4. The predicted molar refractivity (Wildman–Crippen MR) is 82.8 cm³/mol. The van der Waals surface area contributed by atoms with Gasteiger partial charge >= 0.3 is 5.97 Å². The smallest absolute Gasteiger partial charge is 0.303 e. The van der Waals surface area contributed by atoms with Crippen LogP contribution in [0.2, 0.25) is 0 Å². The molecular formula is C16H20N2O5. The molecule has 7 heteroatoms. The number of benzene rings is 1. The number of rotatable bonds is 9. The lowest BCUT2D eigenvalue weighted by molar-refractivity contribution is -0.385. The number of hydrogen-bond acceptors (Lipinski definition) is 4. The Labute approximate surface area is 134 Å². The van der Waals surface area contributed by atoms with Crippen LogP contribution in [-0.2, 0) is 16.1 Å². The summed E-state index contributed by atoms with van der Waals surface area (Å²) in [5, 5.41) is 19.7. The SMILES string of the molecule is O=C(O)CCCCC(=O)N(Cc1ccccc1[N+](=O)[O-])C1CC1. The molecule has 1 amide bonds. The van der Waals surface area contributed by atoms with Gasteiger partial charge < -0.3 is 10.0 Å². The van der Waals surface area contributed by atoms with Crippen LogP contribution in [-0.4, -0.2) is 32.8 Å². The van der Waals surface area contributed by atoms with E-state index in [1.807, 2.05) is 0 Å². The molecule has 1 aromatic carbocycles. The van der Waals surface area contributed by atoms with Crippen molar-refractivity contribution < 1.29 is 19.6 Å². The van der Waals surface area contributed by atoms with Crippen LogP contribution >= 0.6 is 0 Å². The minimum Gasteiger partial charge on any atom is -0.481 e. The van der Waals surface area contributed by atoms with Crippen molar-refractivity contribution in [1.29, 1.82) is 0 Å². The quantitative estimate of drug-likeness (QED) is 0.428. The monoisotopic (exact) mass is 320 g/mol. The summed E-state index contributed by atoms with van der Waals surface area (Å²) in [6.45, 7) is 0.236. The van der Waals surface area contributed by atoms with Crippen molar-refractivity contribution in [3.8, 4) is 0 Å². The standard InChI is InChI=1S/C16H20N2O5/c19-15(7-3-4-8-16(20)21)17(13-9-10-13)11-12-5-1-2-6-14(12)18(22)23/h1-2,5-6,13H,3-4,7-11H2,(H,20,21). The molecule has 1 aromatic rings. The number of amides is 1. The highest BCUT2D eigenvalue weighted by Crippen LogP contribution is 2.31. The van der Waals surface area contributed by atoms with E-state index in [0.29, 0.717) is 18.4 Å². The average Bonchev–Trinajstić information content (AvgIpc) is 3.33. The first-order valence-corrected chi connectivity index (χ1v) is 7.72. The number of aliphatic carboxylic acids is 1. The van der Waals surface area contributed by atoms with Gasteiger partial charge in [0.1, 0.15) is 0 Å². The van der Waals surface area contributed by atoms with Crippen molar-refractivity contribution in [3.05, 3.63) is 39.9 Å². The largest absolute Gasteiger partial charge is 0.481 e. The topological polar surface area (TPSA) is 101 Å². The molecular weight excluding hydrogens is 300 g/mol. The first-order chi connectivity index (χ1) is 11.0. The molecule has 23 heavy (non-hydrogen) atoms. The Morgan fingerprint density at radius 1 is 1.22 bits per heavy atom. The number of para-hydroxylation sites is 1. The van der Waals surface area contributed by atoms with Gasteiger partial charge in [0.15, 0.2) is 0 Å². The molecule has 0 spiro atoms. The first-order valence-electron chi connectivity index (χ1n) is 7.72. The summed E-state index contributed by atoms with van der Waals surface area (Å²) in [5.41, 5.74) is 0.556. The number of carbonyl (C=O) groups is 2. The number of unbranched alkanes of at least 4 members (excludes halogenated alkanes) is 1. The van der Waals surface area contributed by atoms with Gasteiger partial charge in [-0.05, 0) is 25.7 Å². The van der Waals surface area contributed by atoms with Gasteiger partial charge in [0.2, 0.25) is 5.91 Å². The van der Waals surface area contributed by atoms with Gasteiger partial charge in [-0.3, -0.25) is 19.7 Å². The third-order valence-electron chi connectivity index (χ3n) is 3.87. The minimum atomic E-state index is -0.864. The summed E-state index contributed by atoms with van der Waals surface area (Å²) in [6.07, 6.45) is 3.16. The number of nitrogens with zero attached hydrogens (tertiary/aromatic N) is 2. The summed E-state index contributed by atoms with van der Waals surface area (Å²) in [6, 6.07) is 6.60. The molecule has 7 nitrogen and oxygen atoms in total. The Hall–Kier alpha value is -2.44. The van der Waals surface area contributed by atoms with Crippen molar-refractivity contribution >= 4 is 17.6 Å². The Balaban J connectivity index is 1.98. The van der Waals surface area contributed by atoms with Crippen LogP contribution < -0.4 is 0 Å². The highest BCUT2D eigenvalue weighted by Gasteiger charge is 2.33. The van der Waals surface area contributed by atoms with Gasteiger partial charge in [-0.25, -0.2) is 0 Å². The van der Waals surface area contributed by atoms with Crippen LogP contribution in [0.5, 0.6) is 0 Å². The molecule has 124 valence electrons. The van der Waals surface area contributed by atoms with Gasteiger partial charge in [-0.2, -0.15) is 0 Å². The second-order valence-corrected chi connectivity index (χ2v) is 5.74. The Kier molecular flexibility index (Phi) is 5.67. The van der Waals surface area contributed by atoms with Gasteiger partial charge in [0, 0.05) is 30.5 Å². The number of carbonyl (C=O) groups excluding carboxylic acids is 1. The lowest BCUT2D eigenvalue weighted by Crippen LogP contribution is -2.32. The van der Waals surface area contributed by atoms with Crippen molar-refractivity contribution in [3.63, 3.8) is 0 Å². The molecule has 0 bridgehead atoms. The summed E-state index contributed by atoms with van der Waals surface area (Å²) >= 11 is 0. The van der Waals surface area contributed by atoms with Crippen LogP contribution in [0.4, 0.5) is 5.69 Å². The summed E-state index contributed by atoms with van der Waals surface area (Å²) in [4.78, 5) is 35.2. The van der Waals surface area contributed by atoms with Gasteiger partial charge in [0.05, 0.1) is 11.5 Å². The van der Waals surface area contributed by atoms with Crippen LogP contribution in [0.15, 0.2) is 24.3 Å². The first kappa shape index (κ1) is 16.9. The molecule has 1 N–H and O–H groups in total. The second kappa shape index (κ2) is 7.71. The molecule has 0 heterocycles. The fourth-order valence-corrected chi connectivity index (χ4v) is 2.51. The third-order valence-corrected chi connectivity index (χ3v) is 3.87. The molecule has 0 saturated heterocycles. The van der Waals surface area contributed by atoms with E-state index in [1.165, 1.54) is 6.07 Å². The number of carboxylic acids is 1.